The van der Waals surface area contributed by atoms with Crippen LogP contribution in [0.3, 0.4) is 0 Å². The van der Waals surface area contributed by atoms with Crippen molar-refractivity contribution < 1.29 is 14.3 Å². The number of fused-ring (bicyclic) bond motifs is 2. The van der Waals surface area contributed by atoms with Crippen LogP contribution in [0.25, 0.3) is 31.8 Å². The molecule has 4 aromatic rings. The van der Waals surface area contributed by atoms with E-state index in [0.29, 0.717) is 58.6 Å². The van der Waals surface area contributed by atoms with Crippen LogP contribution in [-0.4, -0.2) is 61.5 Å². The molecule has 0 radical (unpaired) electrons. The third-order valence-electron chi connectivity index (χ3n) is 7.40. The van der Waals surface area contributed by atoms with E-state index in [-0.39, 0.29) is 23.6 Å². The topological polar surface area (TPSA) is 125 Å². The second-order valence-electron chi connectivity index (χ2n) is 11.8. The summed E-state index contributed by atoms with van der Waals surface area (Å²) < 4.78 is 8.42. The number of carbonyl (C=O) groups is 2. The van der Waals surface area contributed by atoms with Crippen molar-refractivity contribution >= 4 is 45.7 Å². The van der Waals surface area contributed by atoms with Gasteiger partial charge in [0.05, 0.1) is 54.1 Å². The Bertz CT molecular complexity index is 1900. The fourth-order valence-electron chi connectivity index (χ4n) is 5.21. The number of hydrogen-bond donors (Lipinski definition) is 0. The predicted octanol–water partition coefficient (Wildman–Crippen LogP) is 4.54. The van der Waals surface area contributed by atoms with Gasteiger partial charge in [-0.3, -0.25) is 19.0 Å². The molecule has 0 amide bonds. The third kappa shape index (κ3) is 8.68. The number of benzene rings is 2. The average molecular weight is 610 g/mol. The monoisotopic (exact) mass is 609 g/mol. The molecule has 12 nitrogen and oxygen atoms in total. The summed E-state index contributed by atoms with van der Waals surface area (Å²) in [7, 11) is 0. The van der Waals surface area contributed by atoms with E-state index in [0.717, 1.165) is 32.5 Å². The van der Waals surface area contributed by atoms with Gasteiger partial charge in [0.15, 0.2) is 11.4 Å². The molecule has 0 N–H and O–H groups in total. The summed E-state index contributed by atoms with van der Waals surface area (Å²) >= 11 is 0. The van der Waals surface area contributed by atoms with Gasteiger partial charge in [-0.2, -0.15) is 0 Å². The van der Waals surface area contributed by atoms with Crippen molar-refractivity contribution in [2.45, 2.75) is 58.7 Å². The Morgan fingerprint density at radius 1 is 0.911 bits per heavy atom. The van der Waals surface area contributed by atoms with Crippen molar-refractivity contribution in [3.8, 4) is 0 Å². The van der Waals surface area contributed by atoms with Gasteiger partial charge in [-0.1, -0.05) is 12.1 Å². The Morgan fingerprint density at radius 2 is 1.44 bits per heavy atom. The zero-order valence-electron chi connectivity index (χ0n) is 25.6. The normalized spacial score (nSPS) is 13.8. The highest BCUT2D eigenvalue weighted by Gasteiger charge is 2.24. The summed E-state index contributed by atoms with van der Waals surface area (Å²) in [6.45, 7) is 22.8. The van der Waals surface area contributed by atoms with Gasteiger partial charge in [-0.05, 0) is 76.9 Å². The van der Waals surface area contributed by atoms with Crippen LogP contribution >= 0.6 is 0 Å². The lowest BCUT2D eigenvalue weighted by atomic mass is 9.93. The van der Waals surface area contributed by atoms with Gasteiger partial charge < -0.3 is 19.0 Å². The van der Waals surface area contributed by atoms with Crippen LogP contribution in [0.2, 0.25) is 0 Å². The van der Waals surface area contributed by atoms with Crippen molar-refractivity contribution in [2.75, 3.05) is 19.6 Å². The van der Waals surface area contributed by atoms with Crippen LogP contribution in [-0.2, 0) is 27.4 Å². The second-order valence-corrected chi connectivity index (χ2v) is 11.8. The minimum atomic E-state index is -0.439. The van der Waals surface area contributed by atoms with Crippen LogP contribution in [0.15, 0.2) is 58.4 Å². The maximum Gasteiger partial charge on any atom is 0.306 e. The summed E-state index contributed by atoms with van der Waals surface area (Å²) in [5.41, 5.74) is 2.49. The Kier molecular flexibility index (Phi) is 10.6. The highest BCUT2D eigenvalue weighted by Crippen LogP contribution is 2.23. The summed E-state index contributed by atoms with van der Waals surface area (Å²) in [5.74, 6) is 0.230. The molecule has 12 heteroatoms. The minimum Gasteiger partial charge on any atom is -0.460 e. The SMILES string of the molecule is [C-]#[N+]c1ccc2ncc(=O)n(CC=O)c2c1.[C-]#[N+]c1ccc2ncc(=O)n(CCN3CCC(CC(=O)OC(C)(C)C)CC3)c2c1. The number of piperidine rings is 1. The molecule has 0 unspecified atom stereocenters. The van der Waals surface area contributed by atoms with Crippen molar-refractivity contribution in [3.63, 3.8) is 0 Å². The van der Waals surface area contributed by atoms with Crippen molar-refractivity contribution in [2.24, 2.45) is 5.92 Å². The zero-order chi connectivity index (χ0) is 32.6. The van der Waals surface area contributed by atoms with Gasteiger partial charge in [0, 0.05) is 19.5 Å². The van der Waals surface area contributed by atoms with Crippen LogP contribution < -0.4 is 11.1 Å². The van der Waals surface area contributed by atoms with E-state index >= 15 is 0 Å². The van der Waals surface area contributed by atoms with E-state index in [1.807, 2.05) is 20.8 Å². The van der Waals surface area contributed by atoms with Gasteiger partial charge in [0.1, 0.15) is 11.9 Å². The quantitative estimate of drug-likeness (QED) is 0.170. The lowest BCUT2D eigenvalue weighted by Gasteiger charge is -2.32. The average Bonchev–Trinajstić information content (AvgIpc) is 3.01. The molecule has 1 fully saturated rings. The molecule has 1 saturated heterocycles. The first-order valence-corrected chi connectivity index (χ1v) is 14.6. The molecular weight excluding hydrogens is 574 g/mol. The number of carbonyl (C=O) groups excluding carboxylic acids is 2. The first-order chi connectivity index (χ1) is 21.5. The summed E-state index contributed by atoms with van der Waals surface area (Å²) in [5, 5.41) is 0. The molecule has 0 atom stereocenters. The third-order valence-corrected chi connectivity index (χ3v) is 7.40. The number of esters is 1. The summed E-state index contributed by atoms with van der Waals surface area (Å²) in [4.78, 5) is 63.5. The van der Waals surface area contributed by atoms with Crippen molar-refractivity contribution in [1.82, 2.24) is 24.0 Å². The highest BCUT2D eigenvalue weighted by atomic mass is 16.6. The fraction of sp³-hybridized carbons (Fsp3) is 0.394. The molecule has 232 valence electrons. The minimum absolute atomic E-state index is 0.0285. The van der Waals surface area contributed by atoms with Gasteiger partial charge in [-0.25, -0.2) is 19.7 Å². The molecule has 0 aliphatic carbocycles. The number of aldehydes is 1. The molecule has 0 spiro atoms. The maximum atomic E-state index is 12.3. The van der Waals surface area contributed by atoms with Crippen molar-refractivity contribution in [1.29, 1.82) is 0 Å². The maximum absolute atomic E-state index is 12.3. The zero-order valence-corrected chi connectivity index (χ0v) is 25.6. The fourth-order valence-corrected chi connectivity index (χ4v) is 5.21. The smallest absolute Gasteiger partial charge is 0.306 e. The largest absolute Gasteiger partial charge is 0.460 e. The number of nitrogens with zero attached hydrogens (tertiary/aromatic N) is 7. The molecule has 45 heavy (non-hydrogen) atoms. The molecule has 1 aliphatic rings. The molecule has 0 bridgehead atoms. The standard InChI is InChI=1S/C22H28N4O3.C11H7N3O2/c1-22(2,3)29-21(28)13-16-7-9-25(10-8-16)11-12-26-19-14-17(23-4)5-6-18(19)24-15-20(26)27;1-12-8-2-3-9-10(6-8)14(4-5-15)11(16)7-13-9/h5-6,14-16H,7-13H2,1-3H3;2-3,5-7H,4H2. The molecule has 5 rings (SSSR count). The predicted molar refractivity (Wildman–Crippen MR) is 170 cm³/mol. The van der Waals surface area contributed by atoms with Crippen LogP contribution in [0.5, 0.6) is 0 Å². The number of hydrogen-bond acceptors (Lipinski definition) is 8. The van der Waals surface area contributed by atoms with Gasteiger partial charge >= 0.3 is 5.97 Å². The Morgan fingerprint density at radius 3 is 1.96 bits per heavy atom. The van der Waals surface area contributed by atoms with Gasteiger partial charge in [0.25, 0.3) is 11.1 Å². The van der Waals surface area contributed by atoms with E-state index in [1.165, 1.54) is 17.0 Å². The van der Waals surface area contributed by atoms with E-state index in [2.05, 4.69) is 24.6 Å². The highest BCUT2D eigenvalue weighted by molar-refractivity contribution is 5.80. The first-order valence-electron chi connectivity index (χ1n) is 14.6. The second kappa shape index (κ2) is 14.5. The van der Waals surface area contributed by atoms with Crippen LogP contribution in [0, 0.1) is 19.1 Å². The lowest BCUT2D eigenvalue weighted by Crippen LogP contribution is -2.38. The Hall–Kier alpha value is -5.20. The summed E-state index contributed by atoms with van der Waals surface area (Å²) in [6, 6.07) is 10.1. The van der Waals surface area contributed by atoms with Gasteiger partial charge in [-0.15, -0.1) is 0 Å². The van der Waals surface area contributed by atoms with E-state index in [4.69, 9.17) is 17.9 Å². The Labute approximate surface area is 260 Å². The van der Waals surface area contributed by atoms with Gasteiger partial charge in [0.2, 0.25) is 0 Å². The van der Waals surface area contributed by atoms with E-state index in [9.17, 15) is 19.2 Å². The number of rotatable bonds is 7. The number of likely N-dealkylation sites (tertiary alicyclic amines) is 1. The van der Waals surface area contributed by atoms with Crippen LogP contribution in [0.4, 0.5) is 11.4 Å². The van der Waals surface area contributed by atoms with E-state index in [1.54, 1.807) is 41.0 Å². The van der Waals surface area contributed by atoms with Crippen molar-refractivity contribution in [3.05, 3.63) is 92.3 Å². The van der Waals surface area contributed by atoms with E-state index < -0.39 is 5.60 Å². The molecule has 2 aromatic carbocycles. The molecule has 1 aliphatic heterocycles. The molecule has 3 heterocycles. The summed E-state index contributed by atoms with van der Waals surface area (Å²) in [6.07, 6.45) is 5.53. The van der Waals surface area contributed by atoms with Crippen LogP contribution in [0.1, 0.15) is 40.0 Å². The first kappa shape index (κ1) is 32.7. The molecule has 0 saturated carbocycles. The number of aromatic nitrogens is 4. The lowest BCUT2D eigenvalue weighted by molar-refractivity contribution is -0.156. The Balaban J connectivity index is 0.000000242. The molecular formula is C33H35N7O5. The molecule has 2 aromatic heterocycles. The number of ether oxygens (including phenoxy) is 1.